The van der Waals surface area contributed by atoms with Crippen LogP contribution in [-0.2, 0) is 20.9 Å². The Labute approximate surface area is 177 Å². The fraction of sp³-hybridized carbons (Fsp3) is 0.250. The molecule has 0 radical (unpaired) electrons. The lowest BCUT2D eigenvalue weighted by molar-refractivity contribution is -0.139. The van der Waals surface area contributed by atoms with Crippen molar-refractivity contribution in [2.24, 2.45) is 0 Å². The molecule has 0 heterocycles. The molecule has 6 nitrogen and oxygen atoms in total. The molecule has 0 unspecified atom stereocenters. The fourth-order valence-corrected chi connectivity index (χ4v) is 2.05. The van der Waals surface area contributed by atoms with Crippen LogP contribution in [0.3, 0.4) is 0 Å². The Morgan fingerprint density at radius 1 is 1.03 bits per heavy atom. The number of hydrogen-bond donors (Lipinski definition) is 1. The van der Waals surface area contributed by atoms with Crippen LogP contribution in [0.15, 0.2) is 66.8 Å². The van der Waals surface area contributed by atoms with E-state index in [2.05, 4.69) is 6.58 Å². The summed E-state index contributed by atoms with van der Waals surface area (Å²) in [4.78, 5) is 21.0. The minimum absolute atomic E-state index is 0.295. The highest BCUT2D eigenvalue weighted by atomic mass is 16.5. The first-order valence-electron chi connectivity index (χ1n) is 9.45. The number of esters is 1. The minimum Gasteiger partial charge on any atom is -0.497 e. The van der Waals surface area contributed by atoms with Crippen molar-refractivity contribution in [2.75, 3.05) is 13.7 Å². The molecule has 160 valence electrons. The van der Waals surface area contributed by atoms with Gasteiger partial charge in [-0.3, -0.25) is 0 Å². The zero-order valence-corrected chi connectivity index (χ0v) is 17.6. The number of carbonyl (C=O) groups is 2. The van der Waals surface area contributed by atoms with Crippen LogP contribution in [-0.4, -0.2) is 30.8 Å². The van der Waals surface area contributed by atoms with Crippen LogP contribution < -0.4 is 9.47 Å². The van der Waals surface area contributed by atoms with Crippen LogP contribution in [0.1, 0.15) is 31.4 Å². The van der Waals surface area contributed by atoms with Crippen molar-refractivity contribution in [2.45, 2.75) is 26.9 Å². The van der Waals surface area contributed by atoms with Gasteiger partial charge in [-0.1, -0.05) is 37.8 Å². The summed E-state index contributed by atoms with van der Waals surface area (Å²) in [7, 11) is 1.63. The molecule has 0 aliphatic rings. The SMILES string of the molecule is C=C(C)C(=O)OCCC.COc1ccc(COc2ccc(C=CC(=O)O)cc2)cc1. The number of carboxylic acids is 1. The molecule has 2 aromatic rings. The van der Waals surface area contributed by atoms with E-state index in [1.165, 1.54) is 6.08 Å². The normalized spacial score (nSPS) is 9.97. The summed E-state index contributed by atoms with van der Waals surface area (Å²) in [6, 6.07) is 14.9. The number of ether oxygens (including phenoxy) is 3. The van der Waals surface area contributed by atoms with Crippen LogP contribution in [0, 0.1) is 0 Å². The van der Waals surface area contributed by atoms with Gasteiger partial charge in [0.05, 0.1) is 13.7 Å². The molecule has 1 N–H and O–H groups in total. The molecule has 0 spiro atoms. The van der Waals surface area contributed by atoms with Crippen molar-refractivity contribution < 1.29 is 28.9 Å². The first kappa shape index (κ1) is 24.5. The van der Waals surface area contributed by atoms with Gasteiger partial charge >= 0.3 is 11.9 Å². The average Bonchev–Trinajstić information content (AvgIpc) is 2.76. The number of methoxy groups -OCH3 is 1. The third kappa shape index (κ3) is 10.1. The summed E-state index contributed by atoms with van der Waals surface area (Å²) in [6.45, 7) is 7.98. The van der Waals surface area contributed by atoms with E-state index in [9.17, 15) is 9.59 Å². The molecule has 2 rings (SSSR count). The van der Waals surface area contributed by atoms with E-state index in [-0.39, 0.29) is 5.97 Å². The highest BCUT2D eigenvalue weighted by Crippen LogP contribution is 2.16. The number of benzene rings is 2. The van der Waals surface area contributed by atoms with Crippen molar-refractivity contribution in [3.63, 3.8) is 0 Å². The number of aliphatic carboxylic acids is 1. The zero-order valence-electron chi connectivity index (χ0n) is 17.6. The van der Waals surface area contributed by atoms with Gasteiger partial charge in [0.2, 0.25) is 0 Å². The number of hydrogen-bond acceptors (Lipinski definition) is 5. The predicted molar refractivity (Wildman–Crippen MR) is 117 cm³/mol. The van der Waals surface area contributed by atoms with Crippen molar-refractivity contribution in [3.05, 3.63) is 77.9 Å². The first-order chi connectivity index (χ1) is 14.3. The molecule has 0 aromatic heterocycles. The van der Waals surface area contributed by atoms with Gasteiger partial charge in [0.15, 0.2) is 0 Å². The lowest BCUT2D eigenvalue weighted by Gasteiger charge is -2.07. The van der Waals surface area contributed by atoms with Crippen LogP contribution in [0.25, 0.3) is 6.08 Å². The second-order valence-electron chi connectivity index (χ2n) is 6.29. The second-order valence-corrected chi connectivity index (χ2v) is 6.29. The Morgan fingerprint density at radius 2 is 1.63 bits per heavy atom. The quantitative estimate of drug-likeness (QED) is 0.467. The monoisotopic (exact) mass is 412 g/mol. The van der Waals surface area contributed by atoms with Crippen molar-refractivity contribution >= 4 is 18.0 Å². The fourth-order valence-electron chi connectivity index (χ4n) is 2.05. The summed E-state index contributed by atoms with van der Waals surface area (Å²) >= 11 is 0. The van der Waals surface area contributed by atoms with Gasteiger partial charge < -0.3 is 19.3 Å². The molecule has 0 saturated carbocycles. The number of rotatable bonds is 9. The maximum Gasteiger partial charge on any atom is 0.333 e. The highest BCUT2D eigenvalue weighted by molar-refractivity contribution is 5.86. The second kappa shape index (κ2) is 13.6. The van der Waals surface area contributed by atoms with Crippen LogP contribution >= 0.6 is 0 Å². The Kier molecular flexibility index (Phi) is 11.1. The maximum absolute atomic E-state index is 10.6. The standard InChI is InChI=1S/C17H16O4.C7H12O2/c1-20-15-7-4-14(5-8-15)12-21-16-9-2-13(3-10-16)6-11-17(18)19;1-4-5-9-7(8)6(2)3/h2-11H,12H2,1H3,(H,18,19);2,4-5H2,1,3H3. The molecule has 2 aromatic carbocycles. The molecular weight excluding hydrogens is 384 g/mol. The van der Waals surface area contributed by atoms with Gasteiger partial charge in [0.1, 0.15) is 18.1 Å². The molecule has 30 heavy (non-hydrogen) atoms. The topological polar surface area (TPSA) is 82.1 Å². The minimum atomic E-state index is -0.963. The van der Waals surface area contributed by atoms with E-state index >= 15 is 0 Å². The van der Waals surface area contributed by atoms with Crippen LogP contribution in [0.2, 0.25) is 0 Å². The smallest absolute Gasteiger partial charge is 0.333 e. The Morgan fingerprint density at radius 3 is 2.13 bits per heavy atom. The molecular formula is C24H28O6. The predicted octanol–water partition coefficient (Wildman–Crippen LogP) is 4.89. The maximum atomic E-state index is 10.6. The summed E-state index contributed by atoms with van der Waals surface area (Å²) < 4.78 is 15.5. The largest absolute Gasteiger partial charge is 0.497 e. The Hall–Kier alpha value is -3.54. The summed E-state index contributed by atoms with van der Waals surface area (Å²) in [5.41, 5.74) is 2.32. The van der Waals surface area contributed by atoms with E-state index in [4.69, 9.17) is 19.3 Å². The van der Waals surface area contributed by atoms with E-state index in [0.29, 0.717) is 18.8 Å². The van der Waals surface area contributed by atoms with Crippen LogP contribution in [0.4, 0.5) is 0 Å². The lowest BCUT2D eigenvalue weighted by atomic mass is 10.2. The number of carbonyl (C=O) groups excluding carboxylic acids is 1. The third-order valence-corrected chi connectivity index (χ3v) is 3.65. The van der Waals surface area contributed by atoms with Gasteiger partial charge in [-0.2, -0.15) is 0 Å². The molecule has 0 fully saturated rings. The third-order valence-electron chi connectivity index (χ3n) is 3.65. The molecule has 0 saturated heterocycles. The lowest BCUT2D eigenvalue weighted by Crippen LogP contribution is -2.04. The molecule has 0 atom stereocenters. The van der Waals surface area contributed by atoms with Crippen LogP contribution in [0.5, 0.6) is 11.5 Å². The van der Waals surface area contributed by atoms with Crippen molar-refractivity contribution in [1.29, 1.82) is 0 Å². The summed E-state index contributed by atoms with van der Waals surface area (Å²) in [5, 5.41) is 8.56. The molecule has 0 bridgehead atoms. The summed E-state index contributed by atoms with van der Waals surface area (Å²) in [5.74, 6) is 0.290. The van der Waals surface area contributed by atoms with E-state index in [1.807, 2.05) is 55.5 Å². The molecule has 0 amide bonds. The number of carboxylic acid groups (broad SMARTS) is 1. The molecule has 0 aliphatic heterocycles. The summed E-state index contributed by atoms with van der Waals surface area (Å²) in [6.07, 6.45) is 3.50. The van der Waals surface area contributed by atoms with Gasteiger partial charge in [-0.15, -0.1) is 0 Å². The Balaban J connectivity index is 0.000000424. The van der Waals surface area contributed by atoms with E-state index in [0.717, 1.165) is 35.1 Å². The molecule has 6 heteroatoms. The van der Waals surface area contributed by atoms with Crippen molar-refractivity contribution in [3.8, 4) is 11.5 Å². The van der Waals surface area contributed by atoms with Gasteiger partial charge in [-0.05, 0) is 54.8 Å². The highest BCUT2D eigenvalue weighted by Gasteiger charge is 2.00. The zero-order chi connectivity index (χ0) is 22.4. The van der Waals surface area contributed by atoms with Gasteiger partial charge in [0, 0.05) is 11.6 Å². The van der Waals surface area contributed by atoms with Gasteiger partial charge in [-0.25, -0.2) is 9.59 Å². The van der Waals surface area contributed by atoms with E-state index in [1.54, 1.807) is 14.0 Å². The average molecular weight is 412 g/mol. The van der Waals surface area contributed by atoms with E-state index < -0.39 is 5.97 Å². The van der Waals surface area contributed by atoms with Crippen molar-refractivity contribution in [1.82, 2.24) is 0 Å². The molecule has 0 aliphatic carbocycles. The van der Waals surface area contributed by atoms with Gasteiger partial charge in [0.25, 0.3) is 0 Å². The Bertz CT molecular complexity index is 835. The first-order valence-corrected chi connectivity index (χ1v) is 9.45.